The minimum Gasteiger partial charge on any atom is -0.423 e. The molecule has 0 N–H and O–H groups in total. The molecule has 0 radical (unpaired) electrons. The van der Waals surface area contributed by atoms with Crippen molar-refractivity contribution in [2.24, 2.45) is 0 Å². The smallest absolute Gasteiger partial charge is 0.336 e. The number of aryl methyl sites for hydroxylation is 1. The Morgan fingerprint density at radius 2 is 2.00 bits per heavy atom. The largest absolute Gasteiger partial charge is 0.423 e. The van der Waals surface area contributed by atoms with E-state index in [0.717, 1.165) is 27.7 Å². The molecule has 0 amide bonds. The van der Waals surface area contributed by atoms with Gasteiger partial charge in [0.2, 0.25) is 0 Å². The summed E-state index contributed by atoms with van der Waals surface area (Å²) in [6.45, 7) is 3.66. The van der Waals surface area contributed by atoms with Crippen LogP contribution in [0.4, 0.5) is 0 Å². The van der Waals surface area contributed by atoms with E-state index in [0.29, 0.717) is 12.1 Å². The summed E-state index contributed by atoms with van der Waals surface area (Å²) >= 11 is 5.22. The molecule has 1 aromatic carbocycles. The second-order valence-corrected chi connectivity index (χ2v) is 8.20. The number of halogens is 1. The summed E-state index contributed by atoms with van der Waals surface area (Å²) in [7, 11) is 2.06. The Morgan fingerprint density at radius 1 is 1.17 bits per heavy atom. The van der Waals surface area contributed by atoms with Gasteiger partial charge in [0, 0.05) is 29.4 Å². The van der Waals surface area contributed by atoms with Crippen molar-refractivity contribution < 1.29 is 4.42 Å². The van der Waals surface area contributed by atoms with Crippen LogP contribution in [0.1, 0.15) is 22.9 Å². The molecule has 0 atom stereocenters. The van der Waals surface area contributed by atoms with Crippen molar-refractivity contribution in [1.29, 1.82) is 0 Å². The maximum absolute atomic E-state index is 11.9. The Bertz CT molecular complexity index is 884. The Morgan fingerprint density at radius 3 is 2.70 bits per heavy atom. The highest BCUT2D eigenvalue weighted by Crippen LogP contribution is 2.24. The summed E-state index contributed by atoms with van der Waals surface area (Å²) in [5, 5.41) is 1.01. The highest BCUT2D eigenvalue weighted by atomic mass is 79.9. The predicted octanol–water partition coefficient (Wildman–Crippen LogP) is 4.81. The second kappa shape index (κ2) is 6.99. The van der Waals surface area contributed by atoms with Crippen LogP contribution in [0, 0.1) is 0 Å². The molecular weight excluding hydrogens is 374 g/mol. The standard InChI is InChI=1S/C18H18BrNO2S/c1-3-12-4-6-15-13(9-18(21)22-16(15)8-12)10-20(2)11-14-5-7-17(19)23-14/h4-9H,3,10-11H2,1-2H3. The molecule has 0 aliphatic heterocycles. The fourth-order valence-electron chi connectivity index (χ4n) is 2.67. The van der Waals surface area contributed by atoms with Crippen molar-refractivity contribution in [3.05, 3.63) is 66.6 Å². The average Bonchev–Trinajstić information content (AvgIpc) is 2.91. The van der Waals surface area contributed by atoms with Crippen LogP contribution in [-0.2, 0) is 19.5 Å². The Labute approximate surface area is 147 Å². The van der Waals surface area contributed by atoms with E-state index in [1.165, 1.54) is 10.4 Å². The van der Waals surface area contributed by atoms with Crippen LogP contribution < -0.4 is 5.63 Å². The van der Waals surface area contributed by atoms with Gasteiger partial charge in [-0.25, -0.2) is 4.79 Å². The average molecular weight is 392 g/mol. The molecular formula is C18H18BrNO2S. The van der Waals surface area contributed by atoms with Gasteiger partial charge >= 0.3 is 5.63 Å². The molecule has 2 aromatic heterocycles. The van der Waals surface area contributed by atoms with E-state index in [1.807, 2.05) is 6.07 Å². The zero-order valence-electron chi connectivity index (χ0n) is 13.1. The van der Waals surface area contributed by atoms with E-state index in [2.05, 4.69) is 59.1 Å². The maximum atomic E-state index is 11.9. The lowest BCUT2D eigenvalue weighted by Gasteiger charge is -2.16. The third-order valence-electron chi connectivity index (χ3n) is 3.80. The molecule has 23 heavy (non-hydrogen) atoms. The quantitative estimate of drug-likeness (QED) is 0.585. The fraction of sp³-hybridized carbons (Fsp3) is 0.278. The summed E-state index contributed by atoms with van der Waals surface area (Å²) in [4.78, 5) is 15.4. The summed E-state index contributed by atoms with van der Waals surface area (Å²) in [6.07, 6.45) is 0.928. The van der Waals surface area contributed by atoms with Gasteiger partial charge in [-0.1, -0.05) is 19.1 Å². The van der Waals surface area contributed by atoms with Crippen molar-refractivity contribution in [3.8, 4) is 0 Å². The third kappa shape index (κ3) is 3.91. The van der Waals surface area contributed by atoms with Gasteiger partial charge in [0.25, 0.3) is 0 Å². The molecule has 0 aliphatic carbocycles. The first-order valence-electron chi connectivity index (χ1n) is 7.53. The lowest BCUT2D eigenvalue weighted by molar-refractivity contribution is 0.322. The zero-order valence-corrected chi connectivity index (χ0v) is 15.5. The van der Waals surface area contributed by atoms with Gasteiger partial charge in [0.15, 0.2) is 0 Å². The van der Waals surface area contributed by atoms with E-state index >= 15 is 0 Å². The van der Waals surface area contributed by atoms with E-state index in [1.54, 1.807) is 17.4 Å². The van der Waals surface area contributed by atoms with Crippen molar-refractivity contribution in [2.45, 2.75) is 26.4 Å². The van der Waals surface area contributed by atoms with E-state index in [4.69, 9.17) is 4.42 Å². The molecule has 0 unspecified atom stereocenters. The lowest BCUT2D eigenvalue weighted by Crippen LogP contribution is -2.18. The second-order valence-electron chi connectivity index (χ2n) is 5.65. The number of hydrogen-bond acceptors (Lipinski definition) is 4. The molecule has 0 saturated carbocycles. The van der Waals surface area contributed by atoms with Crippen molar-refractivity contribution >= 4 is 38.2 Å². The van der Waals surface area contributed by atoms with Crippen LogP contribution in [0.25, 0.3) is 11.0 Å². The highest BCUT2D eigenvalue weighted by Gasteiger charge is 2.10. The van der Waals surface area contributed by atoms with Gasteiger partial charge in [-0.2, -0.15) is 0 Å². The summed E-state index contributed by atoms with van der Waals surface area (Å²) in [6, 6.07) is 11.9. The van der Waals surface area contributed by atoms with Crippen LogP contribution in [0.5, 0.6) is 0 Å². The molecule has 3 aromatic rings. The molecule has 3 nitrogen and oxygen atoms in total. The number of hydrogen-bond donors (Lipinski definition) is 0. The first-order chi connectivity index (χ1) is 11.0. The van der Waals surface area contributed by atoms with E-state index in [9.17, 15) is 4.79 Å². The number of rotatable bonds is 5. The molecule has 3 rings (SSSR count). The molecule has 0 fully saturated rings. The maximum Gasteiger partial charge on any atom is 0.336 e. The number of benzene rings is 1. The molecule has 0 aliphatic rings. The van der Waals surface area contributed by atoms with Crippen molar-refractivity contribution in [1.82, 2.24) is 4.90 Å². The Balaban J connectivity index is 1.88. The molecule has 120 valence electrons. The van der Waals surface area contributed by atoms with E-state index in [-0.39, 0.29) is 5.63 Å². The van der Waals surface area contributed by atoms with Crippen molar-refractivity contribution in [2.75, 3.05) is 7.05 Å². The summed E-state index contributed by atoms with van der Waals surface area (Å²) in [5.74, 6) is 0. The number of fused-ring (bicyclic) bond motifs is 1. The van der Waals surface area contributed by atoms with Crippen LogP contribution in [0.2, 0.25) is 0 Å². The van der Waals surface area contributed by atoms with Crippen LogP contribution in [0.15, 0.2) is 49.4 Å². The van der Waals surface area contributed by atoms with Gasteiger partial charge in [0.05, 0.1) is 3.79 Å². The van der Waals surface area contributed by atoms with E-state index < -0.39 is 0 Å². The topological polar surface area (TPSA) is 33.5 Å². The normalized spacial score (nSPS) is 11.5. The van der Waals surface area contributed by atoms with Gasteiger partial charge in [-0.3, -0.25) is 4.90 Å². The van der Waals surface area contributed by atoms with Crippen LogP contribution in [0.3, 0.4) is 0 Å². The van der Waals surface area contributed by atoms with Crippen LogP contribution >= 0.6 is 27.3 Å². The highest BCUT2D eigenvalue weighted by molar-refractivity contribution is 9.11. The zero-order chi connectivity index (χ0) is 16.4. The van der Waals surface area contributed by atoms with Gasteiger partial charge < -0.3 is 4.42 Å². The molecule has 5 heteroatoms. The SMILES string of the molecule is CCc1ccc2c(CN(C)Cc3ccc(Br)s3)cc(=O)oc2c1. The van der Waals surface area contributed by atoms with Gasteiger partial charge in [0.1, 0.15) is 5.58 Å². The monoisotopic (exact) mass is 391 g/mol. The molecule has 0 saturated heterocycles. The summed E-state index contributed by atoms with van der Waals surface area (Å²) < 4.78 is 6.51. The Kier molecular flexibility index (Phi) is 4.99. The lowest BCUT2D eigenvalue weighted by atomic mass is 10.1. The first kappa shape index (κ1) is 16.4. The molecule has 0 spiro atoms. The van der Waals surface area contributed by atoms with Crippen LogP contribution in [-0.4, -0.2) is 11.9 Å². The minimum absolute atomic E-state index is 0.284. The van der Waals surface area contributed by atoms with Gasteiger partial charge in [-0.15, -0.1) is 11.3 Å². The predicted molar refractivity (Wildman–Crippen MR) is 99.1 cm³/mol. The summed E-state index contributed by atoms with van der Waals surface area (Å²) in [5.41, 5.74) is 2.58. The molecule has 2 heterocycles. The van der Waals surface area contributed by atoms with Gasteiger partial charge in [-0.05, 0) is 58.7 Å². The molecule has 0 bridgehead atoms. The Hall–Kier alpha value is -1.43. The first-order valence-corrected chi connectivity index (χ1v) is 9.14. The minimum atomic E-state index is -0.284. The number of nitrogens with zero attached hydrogens (tertiary/aromatic N) is 1. The van der Waals surface area contributed by atoms with Crippen molar-refractivity contribution in [3.63, 3.8) is 0 Å². The fourth-order valence-corrected chi connectivity index (χ4v) is 4.24. The third-order valence-corrected chi connectivity index (χ3v) is 5.41. The number of thiophene rings is 1.